The van der Waals surface area contributed by atoms with Crippen molar-refractivity contribution in [2.75, 3.05) is 7.11 Å². The van der Waals surface area contributed by atoms with Gasteiger partial charge in [-0.1, -0.05) is 6.07 Å². The number of nitrogens with one attached hydrogen (secondary N) is 1. The number of hydrogen-bond donors (Lipinski definition) is 1. The summed E-state index contributed by atoms with van der Waals surface area (Å²) < 4.78 is 10.4. The van der Waals surface area contributed by atoms with Gasteiger partial charge in [-0.15, -0.1) is 0 Å². The number of carbonyl (C=O) groups excluding carboxylic acids is 1. The number of H-pyrrole nitrogens is 1. The second-order valence-corrected chi connectivity index (χ2v) is 4.53. The summed E-state index contributed by atoms with van der Waals surface area (Å²) in [5.41, 5.74) is 2.15. The highest BCUT2D eigenvalue weighted by molar-refractivity contribution is 5.95. The maximum absolute atomic E-state index is 11.5. The predicted octanol–water partition coefficient (Wildman–Crippen LogP) is 2.93. The highest BCUT2D eigenvalue weighted by Crippen LogP contribution is 2.22. The summed E-state index contributed by atoms with van der Waals surface area (Å²) in [6.45, 7) is 0.403. The van der Waals surface area contributed by atoms with E-state index >= 15 is 0 Å². The van der Waals surface area contributed by atoms with Crippen molar-refractivity contribution in [3.05, 3.63) is 60.0 Å². The molecule has 2 aromatic heterocycles. The number of hydrogen-bond acceptors (Lipinski definition) is 4. The van der Waals surface area contributed by atoms with Crippen molar-refractivity contribution >= 4 is 16.9 Å². The molecule has 0 amide bonds. The number of methoxy groups -OCH3 is 1. The first-order valence-electron chi connectivity index (χ1n) is 6.50. The Hall–Kier alpha value is -2.82. The van der Waals surface area contributed by atoms with Crippen LogP contribution in [0.25, 0.3) is 10.9 Å². The van der Waals surface area contributed by atoms with Crippen molar-refractivity contribution in [1.29, 1.82) is 0 Å². The summed E-state index contributed by atoms with van der Waals surface area (Å²) >= 11 is 0. The smallest absolute Gasteiger partial charge is 0.354 e. The van der Waals surface area contributed by atoms with E-state index in [1.807, 2.05) is 36.4 Å². The number of pyridine rings is 1. The van der Waals surface area contributed by atoms with E-state index in [2.05, 4.69) is 9.97 Å². The van der Waals surface area contributed by atoms with E-state index in [9.17, 15) is 4.79 Å². The largest absolute Gasteiger partial charge is 0.487 e. The molecular formula is C16H14N2O3. The maximum Gasteiger partial charge on any atom is 0.354 e. The average molecular weight is 282 g/mol. The van der Waals surface area contributed by atoms with Crippen LogP contribution in [0.15, 0.2) is 48.7 Å². The average Bonchev–Trinajstić information content (AvgIpc) is 2.96. The van der Waals surface area contributed by atoms with Crippen LogP contribution in [0.5, 0.6) is 5.75 Å². The highest BCUT2D eigenvalue weighted by atomic mass is 16.5. The number of nitrogens with zero attached hydrogens (tertiary/aromatic N) is 1. The lowest BCUT2D eigenvalue weighted by Crippen LogP contribution is -2.00. The molecule has 5 nitrogen and oxygen atoms in total. The minimum absolute atomic E-state index is 0.387. The van der Waals surface area contributed by atoms with Crippen molar-refractivity contribution in [3.8, 4) is 5.75 Å². The zero-order valence-corrected chi connectivity index (χ0v) is 11.5. The van der Waals surface area contributed by atoms with Gasteiger partial charge in [-0.3, -0.25) is 4.98 Å². The van der Waals surface area contributed by atoms with Gasteiger partial charge in [0, 0.05) is 17.1 Å². The normalized spacial score (nSPS) is 10.5. The molecule has 0 bridgehead atoms. The second-order valence-electron chi connectivity index (χ2n) is 4.53. The first kappa shape index (κ1) is 13.2. The summed E-state index contributed by atoms with van der Waals surface area (Å²) in [4.78, 5) is 18.7. The molecule has 0 spiro atoms. The Morgan fingerprint density at radius 1 is 1.24 bits per heavy atom. The van der Waals surface area contributed by atoms with Gasteiger partial charge in [0.25, 0.3) is 0 Å². The van der Waals surface area contributed by atoms with Crippen LogP contribution in [0.2, 0.25) is 0 Å². The Morgan fingerprint density at radius 3 is 2.90 bits per heavy atom. The van der Waals surface area contributed by atoms with Crippen LogP contribution >= 0.6 is 0 Å². The van der Waals surface area contributed by atoms with Gasteiger partial charge >= 0.3 is 5.97 Å². The third-order valence-corrected chi connectivity index (χ3v) is 3.11. The van der Waals surface area contributed by atoms with Gasteiger partial charge in [0.05, 0.1) is 12.8 Å². The molecule has 0 saturated carbocycles. The molecule has 0 unspecified atom stereocenters. The molecule has 0 aliphatic rings. The first-order valence-corrected chi connectivity index (χ1v) is 6.50. The van der Waals surface area contributed by atoms with Crippen LogP contribution in [0, 0.1) is 0 Å². The Balaban J connectivity index is 1.79. The summed E-state index contributed by atoms with van der Waals surface area (Å²) in [5.74, 6) is 0.339. The maximum atomic E-state index is 11.5. The van der Waals surface area contributed by atoms with Crippen LogP contribution < -0.4 is 4.74 Å². The Labute approximate surface area is 121 Å². The predicted molar refractivity (Wildman–Crippen MR) is 78.2 cm³/mol. The van der Waals surface area contributed by atoms with Crippen LogP contribution in [-0.4, -0.2) is 23.0 Å². The second kappa shape index (κ2) is 5.66. The molecule has 0 atom stereocenters. The fourth-order valence-corrected chi connectivity index (χ4v) is 2.06. The van der Waals surface area contributed by atoms with Gasteiger partial charge in [-0.2, -0.15) is 0 Å². The van der Waals surface area contributed by atoms with Gasteiger partial charge < -0.3 is 14.5 Å². The molecule has 3 aromatic rings. The molecule has 1 N–H and O–H groups in total. The number of fused-ring (bicyclic) bond motifs is 1. The zero-order chi connectivity index (χ0) is 14.7. The summed E-state index contributed by atoms with van der Waals surface area (Å²) in [5, 5.41) is 0.897. The van der Waals surface area contributed by atoms with Crippen molar-refractivity contribution in [1.82, 2.24) is 9.97 Å². The van der Waals surface area contributed by atoms with Crippen LogP contribution in [0.1, 0.15) is 16.2 Å². The summed E-state index contributed by atoms with van der Waals surface area (Å²) in [7, 11) is 1.36. The van der Waals surface area contributed by atoms with E-state index in [0.29, 0.717) is 12.3 Å². The van der Waals surface area contributed by atoms with Gasteiger partial charge in [-0.05, 0) is 36.4 Å². The molecule has 0 saturated heterocycles. The number of esters is 1. The molecule has 0 radical (unpaired) electrons. The van der Waals surface area contributed by atoms with Crippen LogP contribution in [-0.2, 0) is 11.3 Å². The Morgan fingerprint density at radius 2 is 2.14 bits per heavy atom. The SMILES string of the molecule is COC(=O)c1cc2cc(OCc3ccccn3)ccc2[nH]1. The van der Waals surface area contributed by atoms with Gasteiger partial charge in [0.15, 0.2) is 0 Å². The summed E-state index contributed by atoms with van der Waals surface area (Å²) in [6.07, 6.45) is 1.73. The third-order valence-electron chi connectivity index (χ3n) is 3.11. The first-order chi connectivity index (χ1) is 10.3. The lowest BCUT2D eigenvalue weighted by Gasteiger charge is -2.05. The fraction of sp³-hybridized carbons (Fsp3) is 0.125. The fourth-order valence-electron chi connectivity index (χ4n) is 2.06. The zero-order valence-electron chi connectivity index (χ0n) is 11.5. The van der Waals surface area contributed by atoms with E-state index in [-0.39, 0.29) is 5.97 Å². The monoisotopic (exact) mass is 282 g/mol. The van der Waals surface area contributed by atoms with Gasteiger partial charge in [0.1, 0.15) is 18.1 Å². The molecule has 0 fully saturated rings. The number of aromatic amines is 1. The number of rotatable bonds is 4. The van der Waals surface area contributed by atoms with Gasteiger partial charge in [0.2, 0.25) is 0 Å². The molecule has 1 aromatic carbocycles. The standard InChI is InChI=1S/C16H14N2O3/c1-20-16(19)15-9-11-8-13(5-6-14(11)18-15)21-10-12-4-2-3-7-17-12/h2-9,18H,10H2,1H3. The highest BCUT2D eigenvalue weighted by Gasteiger charge is 2.09. The number of ether oxygens (including phenoxy) is 2. The minimum atomic E-state index is -0.387. The summed E-state index contributed by atoms with van der Waals surface area (Å²) in [6, 6.07) is 13.0. The van der Waals surface area contributed by atoms with Crippen molar-refractivity contribution < 1.29 is 14.3 Å². The number of aromatic nitrogens is 2. The topological polar surface area (TPSA) is 64.2 Å². The quantitative estimate of drug-likeness (QED) is 0.747. The van der Waals surface area contributed by atoms with E-state index in [0.717, 1.165) is 22.3 Å². The molecule has 2 heterocycles. The molecule has 0 aliphatic carbocycles. The Bertz CT molecular complexity index is 766. The van der Waals surface area contributed by atoms with Gasteiger partial charge in [-0.25, -0.2) is 4.79 Å². The molecule has 3 rings (SSSR count). The van der Waals surface area contributed by atoms with Crippen molar-refractivity contribution in [2.45, 2.75) is 6.61 Å². The van der Waals surface area contributed by atoms with Crippen molar-refractivity contribution in [2.24, 2.45) is 0 Å². The van der Waals surface area contributed by atoms with E-state index in [1.54, 1.807) is 12.3 Å². The molecular weight excluding hydrogens is 268 g/mol. The Kier molecular flexibility index (Phi) is 3.55. The van der Waals surface area contributed by atoms with Crippen LogP contribution in [0.3, 0.4) is 0 Å². The molecule has 106 valence electrons. The van der Waals surface area contributed by atoms with E-state index < -0.39 is 0 Å². The van der Waals surface area contributed by atoms with Crippen molar-refractivity contribution in [3.63, 3.8) is 0 Å². The third kappa shape index (κ3) is 2.86. The number of carbonyl (C=O) groups is 1. The minimum Gasteiger partial charge on any atom is -0.487 e. The molecule has 5 heteroatoms. The lowest BCUT2D eigenvalue weighted by molar-refractivity contribution is 0.0595. The van der Waals surface area contributed by atoms with Crippen LogP contribution in [0.4, 0.5) is 0 Å². The van der Waals surface area contributed by atoms with E-state index in [1.165, 1.54) is 7.11 Å². The molecule has 0 aliphatic heterocycles. The molecule has 21 heavy (non-hydrogen) atoms. The van der Waals surface area contributed by atoms with E-state index in [4.69, 9.17) is 9.47 Å². The number of benzene rings is 1. The lowest BCUT2D eigenvalue weighted by atomic mass is 10.2.